The highest BCUT2D eigenvalue weighted by molar-refractivity contribution is 5.69. The lowest BCUT2D eigenvalue weighted by Gasteiger charge is -2.70. The molecule has 4 aliphatic rings. The first kappa shape index (κ1) is 42.1. The van der Waals surface area contributed by atoms with Gasteiger partial charge in [-0.2, -0.15) is 0 Å². The van der Waals surface area contributed by atoms with E-state index in [4.69, 9.17) is 9.47 Å². The van der Waals surface area contributed by atoms with Gasteiger partial charge < -0.3 is 19.7 Å². The topological polar surface area (TPSA) is 76.0 Å². The minimum absolute atomic E-state index is 0.00141. The molecule has 4 aliphatic carbocycles. The Hall–Kier alpha value is -0.650. The summed E-state index contributed by atoms with van der Waals surface area (Å²) in [5, 5.41) is 24.1. The molecule has 0 radical (unpaired) electrons. The highest BCUT2D eigenvalue weighted by Gasteiger charge is 2.71. The molecule has 4 fully saturated rings. The Balaban J connectivity index is 1.33. The predicted octanol–water partition coefficient (Wildman–Crippen LogP) is 11.6. The van der Waals surface area contributed by atoms with Crippen molar-refractivity contribution < 1.29 is 24.5 Å². The summed E-state index contributed by atoms with van der Waals surface area (Å²) in [6, 6.07) is 0. The van der Waals surface area contributed by atoms with E-state index in [1.54, 1.807) is 7.11 Å². The molecule has 0 aromatic heterocycles. The first-order valence-corrected chi connectivity index (χ1v) is 21.5. The summed E-state index contributed by atoms with van der Waals surface area (Å²) >= 11 is 0. The average molecular weight is 703 g/mol. The third-order valence-corrected chi connectivity index (χ3v) is 16.4. The molecule has 2 N–H and O–H groups in total. The Labute approximate surface area is 309 Å². The van der Waals surface area contributed by atoms with Gasteiger partial charge in [-0.3, -0.25) is 4.79 Å². The van der Waals surface area contributed by atoms with Crippen LogP contribution in [0.3, 0.4) is 0 Å². The molecule has 0 aliphatic heterocycles. The zero-order chi connectivity index (χ0) is 37.0. The molecule has 10 atom stereocenters. The SMILES string of the molecule is CCCCCCCCCCCCCC(=O)O[C@H]1CC[C@]2(C)[C@H]3C[C@@H](O)[C@@H]4[C@@H]([C@](C)(O)CCCC(C)(C)OC)CC[C@@]4(C)[C@]3(C)CC[C@H]2C1(C)C. The Morgan fingerprint density at radius 1 is 0.740 bits per heavy atom. The number of rotatable bonds is 19. The van der Waals surface area contributed by atoms with Gasteiger partial charge in [-0.05, 0) is 131 Å². The number of ether oxygens (including phenoxy) is 2. The summed E-state index contributed by atoms with van der Waals surface area (Å²) < 4.78 is 12.0. The second kappa shape index (κ2) is 16.8. The van der Waals surface area contributed by atoms with Gasteiger partial charge in [0.05, 0.1) is 17.3 Å². The molecule has 0 amide bonds. The molecule has 5 nitrogen and oxygen atoms in total. The number of esters is 1. The van der Waals surface area contributed by atoms with Gasteiger partial charge in [0.1, 0.15) is 6.10 Å². The van der Waals surface area contributed by atoms with E-state index in [-0.39, 0.29) is 51.2 Å². The molecular weight excluding hydrogens is 620 g/mol. The number of aliphatic hydroxyl groups is 2. The van der Waals surface area contributed by atoms with E-state index in [0.717, 1.165) is 77.0 Å². The van der Waals surface area contributed by atoms with Gasteiger partial charge in [-0.25, -0.2) is 0 Å². The van der Waals surface area contributed by atoms with Crippen LogP contribution in [0, 0.1) is 45.3 Å². The summed E-state index contributed by atoms with van der Waals surface area (Å²) in [6.45, 7) is 20.9. The van der Waals surface area contributed by atoms with E-state index in [1.807, 2.05) is 6.92 Å². The van der Waals surface area contributed by atoms with Crippen LogP contribution >= 0.6 is 0 Å². The fourth-order valence-corrected chi connectivity index (χ4v) is 13.0. The van der Waals surface area contributed by atoms with E-state index in [0.29, 0.717) is 18.3 Å². The summed E-state index contributed by atoms with van der Waals surface area (Å²) in [5.74, 6) is 1.11. The maximum absolute atomic E-state index is 13.1. The molecule has 292 valence electrons. The fraction of sp³-hybridized carbons (Fsp3) is 0.978. The van der Waals surface area contributed by atoms with Crippen molar-refractivity contribution in [2.75, 3.05) is 7.11 Å². The van der Waals surface area contributed by atoms with Crippen LogP contribution in [0.25, 0.3) is 0 Å². The predicted molar refractivity (Wildman–Crippen MR) is 207 cm³/mol. The molecular formula is C45H82O5. The second-order valence-corrected chi connectivity index (χ2v) is 20.3. The van der Waals surface area contributed by atoms with Gasteiger partial charge in [-0.1, -0.05) is 106 Å². The summed E-state index contributed by atoms with van der Waals surface area (Å²) in [4.78, 5) is 13.1. The molecule has 0 aromatic rings. The molecule has 50 heavy (non-hydrogen) atoms. The van der Waals surface area contributed by atoms with Gasteiger partial charge in [0.25, 0.3) is 0 Å². The quantitative estimate of drug-likeness (QED) is 0.103. The number of hydrogen-bond donors (Lipinski definition) is 2. The largest absolute Gasteiger partial charge is 0.462 e. The molecule has 5 heteroatoms. The molecule has 4 rings (SSSR count). The minimum Gasteiger partial charge on any atom is -0.462 e. The maximum Gasteiger partial charge on any atom is 0.306 e. The zero-order valence-electron chi connectivity index (χ0n) is 34.6. The highest BCUT2D eigenvalue weighted by Crippen LogP contribution is 2.76. The molecule has 0 saturated heterocycles. The Bertz CT molecular complexity index is 1080. The average Bonchev–Trinajstić information content (AvgIpc) is 3.43. The zero-order valence-corrected chi connectivity index (χ0v) is 34.6. The number of fused-ring (bicyclic) bond motifs is 5. The van der Waals surface area contributed by atoms with Gasteiger partial charge in [0.15, 0.2) is 0 Å². The van der Waals surface area contributed by atoms with Gasteiger partial charge in [-0.15, -0.1) is 0 Å². The lowest BCUT2D eigenvalue weighted by atomic mass is 9.35. The Morgan fingerprint density at radius 3 is 1.92 bits per heavy atom. The van der Waals surface area contributed by atoms with E-state index >= 15 is 0 Å². The van der Waals surface area contributed by atoms with Gasteiger partial charge >= 0.3 is 5.97 Å². The minimum atomic E-state index is -0.797. The third-order valence-electron chi connectivity index (χ3n) is 16.4. The smallest absolute Gasteiger partial charge is 0.306 e. The number of unbranched alkanes of at least 4 members (excludes halogenated alkanes) is 10. The van der Waals surface area contributed by atoms with Crippen molar-refractivity contribution >= 4 is 5.97 Å². The first-order chi connectivity index (χ1) is 23.4. The number of carbonyl (C=O) groups is 1. The Morgan fingerprint density at radius 2 is 1.32 bits per heavy atom. The van der Waals surface area contributed by atoms with Crippen molar-refractivity contribution in [1.29, 1.82) is 0 Å². The first-order valence-electron chi connectivity index (χ1n) is 21.5. The van der Waals surface area contributed by atoms with Crippen LogP contribution in [-0.2, 0) is 14.3 Å². The summed E-state index contributed by atoms with van der Waals surface area (Å²) in [5.41, 5.74) is -0.879. The standard InChI is InChI=1S/C45H82O5/c1-11-12-13-14-15-16-17-18-19-20-21-23-38(47)50-37-26-29-42(6)35(41(37,4)5)25-31-43(7)36(42)32-34(46)39-33(24-30-44(39,43)8)45(9,48)28-22-27-40(2,3)49-10/h33-37,39,46,48H,11-32H2,1-10H3/t33-,34+,35-,36+,37-,39-,42-,43+,44+,45+/m0/s1. The number of carbonyl (C=O) groups excluding carboxylic acids is 1. The van der Waals surface area contributed by atoms with Crippen LogP contribution in [0.15, 0.2) is 0 Å². The molecule has 0 aromatic carbocycles. The van der Waals surface area contributed by atoms with Crippen LogP contribution in [0.2, 0.25) is 0 Å². The lowest BCUT2D eigenvalue weighted by molar-refractivity contribution is -0.249. The summed E-state index contributed by atoms with van der Waals surface area (Å²) in [7, 11) is 1.77. The van der Waals surface area contributed by atoms with E-state index in [2.05, 4.69) is 55.4 Å². The summed E-state index contributed by atoms with van der Waals surface area (Å²) in [6.07, 6.45) is 24.0. The number of methoxy groups -OCH3 is 1. The molecule has 0 bridgehead atoms. The van der Waals surface area contributed by atoms with Crippen molar-refractivity contribution in [3.8, 4) is 0 Å². The monoisotopic (exact) mass is 703 g/mol. The fourth-order valence-electron chi connectivity index (χ4n) is 13.0. The van der Waals surface area contributed by atoms with Crippen molar-refractivity contribution in [3.63, 3.8) is 0 Å². The molecule has 4 saturated carbocycles. The van der Waals surface area contributed by atoms with Crippen LogP contribution in [0.4, 0.5) is 0 Å². The van der Waals surface area contributed by atoms with Gasteiger partial charge in [0, 0.05) is 18.9 Å². The van der Waals surface area contributed by atoms with Crippen molar-refractivity contribution in [2.45, 2.75) is 227 Å². The molecule has 0 unspecified atom stereocenters. The lowest BCUT2D eigenvalue weighted by Crippen LogP contribution is -2.66. The van der Waals surface area contributed by atoms with E-state index in [1.165, 1.54) is 57.8 Å². The number of hydrogen-bond acceptors (Lipinski definition) is 5. The van der Waals surface area contributed by atoms with Crippen LogP contribution in [0.1, 0.15) is 204 Å². The van der Waals surface area contributed by atoms with Crippen LogP contribution in [0.5, 0.6) is 0 Å². The molecule has 0 spiro atoms. The second-order valence-electron chi connectivity index (χ2n) is 20.3. The Kier molecular flexibility index (Phi) is 14.1. The van der Waals surface area contributed by atoms with E-state index < -0.39 is 11.7 Å². The van der Waals surface area contributed by atoms with Crippen molar-refractivity contribution in [1.82, 2.24) is 0 Å². The number of aliphatic hydroxyl groups excluding tert-OH is 1. The highest BCUT2D eigenvalue weighted by atomic mass is 16.5. The normalized spacial score (nSPS) is 37.8. The molecule has 0 heterocycles. The third kappa shape index (κ3) is 8.66. The van der Waals surface area contributed by atoms with Gasteiger partial charge in [0.2, 0.25) is 0 Å². The van der Waals surface area contributed by atoms with E-state index in [9.17, 15) is 15.0 Å². The van der Waals surface area contributed by atoms with Crippen LogP contribution < -0.4 is 0 Å². The van der Waals surface area contributed by atoms with Crippen LogP contribution in [-0.4, -0.2) is 46.7 Å². The maximum atomic E-state index is 13.1. The van der Waals surface area contributed by atoms with Crippen molar-refractivity contribution in [2.24, 2.45) is 45.3 Å². The van der Waals surface area contributed by atoms with Crippen molar-refractivity contribution in [3.05, 3.63) is 0 Å².